The van der Waals surface area contributed by atoms with Crippen LogP contribution in [-0.2, 0) is 11.3 Å². The van der Waals surface area contributed by atoms with Crippen molar-refractivity contribution in [3.05, 3.63) is 30.1 Å². The molecule has 0 amide bonds. The lowest BCUT2D eigenvalue weighted by atomic mass is 10.2. The Morgan fingerprint density at radius 3 is 2.56 bits per heavy atom. The lowest BCUT2D eigenvalue weighted by molar-refractivity contribution is -0.00886. The highest BCUT2D eigenvalue weighted by molar-refractivity contribution is 5.09. The van der Waals surface area contributed by atoms with Gasteiger partial charge in [-0.3, -0.25) is 9.88 Å². The number of hydrogen-bond donors (Lipinski definition) is 1. The molecule has 0 bridgehead atoms. The van der Waals surface area contributed by atoms with Gasteiger partial charge in [-0.15, -0.1) is 0 Å². The highest BCUT2D eigenvalue weighted by Gasteiger charge is 2.11. The van der Waals surface area contributed by atoms with Gasteiger partial charge in [-0.1, -0.05) is 6.92 Å². The first kappa shape index (κ1) is 15.1. The summed E-state index contributed by atoms with van der Waals surface area (Å²) in [6.45, 7) is 8.80. The Labute approximate surface area is 110 Å². The summed E-state index contributed by atoms with van der Waals surface area (Å²) in [7, 11) is 0. The second kappa shape index (κ2) is 8.19. The lowest BCUT2D eigenvalue weighted by Crippen LogP contribution is -2.35. The molecule has 0 saturated heterocycles. The average molecular weight is 252 g/mol. The first-order chi connectivity index (χ1) is 8.61. The van der Waals surface area contributed by atoms with Crippen molar-refractivity contribution in [2.24, 2.45) is 0 Å². The predicted octanol–water partition coefficient (Wildman–Crippen LogP) is 1.69. The summed E-state index contributed by atoms with van der Waals surface area (Å²) in [5.74, 6) is 0. The van der Waals surface area contributed by atoms with Gasteiger partial charge >= 0.3 is 0 Å². The van der Waals surface area contributed by atoms with E-state index in [-0.39, 0.29) is 6.10 Å². The number of pyridine rings is 1. The second-order valence-electron chi connectivity index (χ2n) is 4.72. The van der Waals surface area contributed by atoms with Crippen LogP contribution in [0.2, 0.25) is 0 Å². The third-order valence-corrected chi connectivity index (χ3v) is 2.69. The van der Waals surface area contributed by atoms with Crippen LogP contribution in [0, 0.1) is 0 Å². The number of rotatable bonds is 8. The molecule has 4 heteroatoms. The van der Waals surface area contributed by atoms with Crippen LogP contribution < -0.4 is 0 Å². The third-order valence-electron chi connectivity index (χ3n) is 2.69. The van der Waals surface area contributed by atoms with Crippen molar-refractivity contribution >= 4 is 0 Å². The van der Waals surface area contributed by atoms with Gasteiger partial charge < -0.3 is 9.84 Å². The Balaban J connectivity index is 2.37. The molecule has 1 aromatic rings. The number of ether oxygens (including phenoxy) is 1. The van der Waals surface area contributed by atoms with Crippen LogP contribution in [0.5, 0.6) is 0 Å². The fraction of sp³-hybridized carbons (Fsp3) is 0.643. The van der Waals surface area contributed by atoms with Crippen molar-refractivity contribution in [1.82, 2.24) is 9.88 Å². The van der Waals surface area contributed by atoms with Crippen molar-refractivity contribution in [3.63, 3.8) is 0 Å². The number of nitrogens with zero attached hydrogens (tertiary/aromatic N) is 2. The summed E-state index contributed by atoms with van der Waals surface area (Å²) < 4.78 is 5.41. The van der Waals surface area contributed by atoms with Gasteiger partial charge in [0, 0.05) is 25.5 Å². The van der Waals surface area contributed by atoms with E-state index in [4.69, 9.17) is 4.74 Å². The molecular formula is C14H24N2O2. The van der Waals surface area contributed by atoms with Crippen LogP contribution in [0.15, 0.2) is 24.5 Å². The summed E-state index contributed by atoms with van der Waals surface area (Å²) in [5.41, 5.74) is 1.21. The molecule has 1 aromatic heterocycles. The first-order valence-corrected chi connectivity index (χ1v) is 6.52. The summed E-state index contributed by atoms with van der Waals surface area (Å²) in [6.07, 6.45) is 3.31. The fourth-order valence-corrected chi connectivity index (χ4v) is 1.71. The van der Waals surface area contributed by atoms with Crippen LogP contribution in [-0.4, -0.2) is 46.9 Å². The van der Waals surface area contributed by atoms with E-state index in [9.17, 15) is 5.11 Å². The predicted molar refractivity (Wildman–Crippen MR) is 72.3 cm³/mol. The maximum Gasteiger partial charge on any atom is 0.0900 e. The molecule has 0 aromatic carbocycles. The van der Waals surface area contributed by atoms with E-state index in [0.717, 1.165) is 13.1 Å². The molecule has 0 aliphatic rings. The third kappa shape index (κ3) is 6.10. The minimum Gasteiger partial charge on any atom is -0.389 e. The maximum atomic E-state index is 9.90. The molecule has 0 spiro atoms. The topological polar surface area (TPSA) is 45.6 Å². The quantitative estimate of drug-likeness (QED) is 0.765. The molecular weight excluding hydrogens is 228 g/mol. The smallest absolute Gasteiger partial charge is 0.0900 e. The Hall–Kier alpha value is -0.970. The van der Waals surface area contributed by atoms with Crippen LogP contribution in [0.4, 0.5) is 0 Å². The van der Waals surface area contributed by atoms with E-state index < -0.39 is 6.10 Å². The van der Waals surface area contributed by atoms with E-state index in [1.54, 1.807) is 12.4 Å². The summed E-state index contributed by atoms with van der Waals surface area (Å²) >= 11 is 0. The van der Waals surface area contributed by atoms with Crippen molar-refractivity contribution in [3.8, 4) is 0 Å². The first-order valence-electron chi connectivity index (χ1n) is 6.52. The zero-order valence-electron chi connectivity index (χ0n) is 11.5. The number of hydrogen-bond acceptors (Lipinski definition) is 4. The summed E-state index contributed by atoms with van der Waals surface area (Å²) in [5, 5.41) is 9.90. The molecule has 0 aliphatic heterocycles. The standard InChI is InChI=1S/C14H24N2O2/c1-4-16(9-13-5-7-15-8-6-13)10-14(17)11-18-12(2)3/h5-8,12,14,17H,4,9-11H2,1-3H3. The van der Waals surface area contributed by atoms with Gasteiger partial charge in [0.15, 0.2) is 0 Å². The number of aromatic nitrogens is 1. The Morgan fingerprint density at radius 1 is 1.33 bits per heavy atom. The minimum atomic E-state index is -0.436. The molecule has 4 nitrogen and oxygen atoms in total. The van der Waals surface area contributed by atoms with Crippen molar-refractivity contribution < 1.29 is 9.84 Å². The van der Waals surface area contributed by atoms with E-state index in [1.807, 2.05) is 26.0 Å². The monoisotopic (exact) mass is 252 g/mol. The van der Waals surface area contributed by atoms with E-state index >= 15 is 0 Å². The lowest BCUT2D eigenvalue weighted by Gasteiger charge is -2.24. The molecule has 0 aliphatic carbocycles. The van der Waals surface area contributed by atoms with Gasteiger partial charge in [0.1, 0.15) is 0 Å². The Bertz CT molecular complexity index is 317. The molecule has 0 fully saturated rings. The van der Waals surface area contributed by atoms with Gasteiger partial charge in [-0.25, -0.2) is 0 Å². The minimum absolute atomic E-state index is 0.162. The van der Waals surface area contributed by atoms with Gasteiger partial charge in [-0.05, 0) is 38.1 Å². The zero-order valence-corrected chi connectivity index (χ0v) is 11.5. The normalized spacial score (nSPS) is 13.2. The Kier molecular flexibility index (Phi) is 6.86. The molecule has 1 N–H and O–H groups in total. The van der Waals surface area contributed by atoms with Crippen LogP contribution in [0.1, 0.15) is 26.3 Å². The SMILES string of the molecule is CCN(Cc1ccncc1)CC(O)COC(C)C. The molecule has 1 unspecified atom stereocenters. The van der Waals surface area contributed by atoms with Crippen molar-refractivity contribution in [2.45, 2.75) is 39.5 Å². The van der Waals surface area contributed by atoms with E-state index in [1.165, 1.54) is 5.56 Å². The van der Waals surface area contributed by atoms with Gasteiger partial charge in [0.2, 0.25) is 0 Å². The fourth-order valence-electron chi connectivity index (χ4n) is 1.71. The van der Waals surface area contributed by atoms with Crippen LogP contribution in [0.25, 0.3) is 0 Å². The highest BCUT2D eigenvalue weighted by atomic mass is 16.5. The second-order valence-corrected chi connectivity index (χ2v) is 4.72. The van der Waals surface area contributed by atoms with Crippen molar-refractivity contribution in [1.29, 1.82) is 0 Å². The highest BCUT2D eigenvalue weighted by Crippen LogP contribution is 2.04. The zero-order chi connectivity index (χ0) is 13.4. The van der Waals surface area contributed by atoms with Crippen molar-refractivity contribution in [2.75, 3.05) is 19.7 Å². The van der Waals surface area contributed by atoms with Crippen LogP contribution in [0.3, 0.4) is 0 Å². The van der Waals surface area contributed by atoms with Crippen LogP contribution >= 0.6 is 0 Å². The number of aliphatic hydroxyl groups is 1. The molecule has 18 heavy (non-hydrogen) atoms. The summed E-state index contributed by atoms with van der Waals surface area (Å²) in [6, 6.07) is 4.00. The largest absolute Gasteiger partial charge is 0.389 e. The number of aliphatic hydroxyl groups excluding tert-OH is 1. The molecule has 0 radical (unpaired) electrons. The van der Waals surface area contributed by atoms with E-state index in [0.29, 0.717) is 13.2 Å². The molecule has 1 atom stereocenters. The Morgan fingerprint density at radius 2 is 2.00 bits per heavy atom. The summed E-state index contributed by atoms with van der Waals surface area (Å²) in [4.78, 5) is 6.20. The molecule has 0 saturated carbocycles. The molecule has 1 heterocycles. The van der Waals surface area contributed by atoms with Gasteiger partial charge in [0.05, 0.1) is 18.8 Å². The molecule has 1 rings (SSSR count). The molecule has 102 valence electrons. The van der Waals surface area contributed by atoms with Gasteiger partial charge in [-0.2, -0.15) is 0 Å². The number of likely N-dealkylation sites (N-methyl/N-ethyl adjacent to an activating group) is 1. The average Bonchev–Trinajstić information content (AvgIpc) is 2.37. The van der Waals surface area contributed by atoms with Gasteiger partial charge in [0.25, 0.3) is 0 Å². The maximum absolute atomic E-state index is 9.90. The van der Waals surface area contributed by atoms with E-state index in [2.05, 4.69) is 16.8 Å².